The van der Waals surface area contributed by atoms with Gasteiger partial charge in [-0.2, -0.15) is 0 Å². The van der Waals surface area contributed by atoms with E-state index in [2.05, 4.69) is 5.32 Å². The molecule has 1 saturated heterocycles. The van der Waals surface area contributed by atoms with Crippen molar-refractivity contribution in [3.63, 3.8) is 0 Å². The van der Waals surface area contributed by atoms with Gasteiger partial charge in [0.1, 0.15) is 5.58 Å². The first-order chi connectivity index (χ1) is 12.1. The summed E-state index contributed by atoms with van der Waals surface area (Å²) in [7, 11) is 0. The molecule has 6 nitrogen and oxygen atoms in total. The number of anilines is 1. The summed E-state index contributed by atoms with van der Waals surface area (Å²) >= 11 is 0. The fourth-order valence-corrected chi connectivity index (χ4v) is 3.34. The maximum Gasteiger partial charge on any atom is 0.336 e. The highest BCUT2D eigenvalue weighted by Crippen LogP contribution is 2.32. The van der Waals surface area contributed by atoms with Crippen molar-refractivity contribution in [2.45, 2.75) is 25.7 Å². The Morgan fingerprint density at radius 1 is 1.00 bits per heavy atom. The zero-order valence-electron chi connectivity index (χ0n) is 13.9. The lowest BCUT2D eigenvalue weighted by Crippen LogP contribution is -2.42. The number of carbonyl (C=O) groups excluding carboxylic acids is 2. The first-order valence-corrected chi connectivity index (χ1v) is 8.74. The van der Waals surface area contributed by atoms with Crippen molar-refractivity contribution in [1.29, 1.82) is 0 Å². The fourth-order valence-electron chi connectivity index (χ4n) is 3.34. The summed E-state index contributed by atoms with van der Waals surface area (Å²) in [4.78, 5) is 37.7. The van der Waals surface area contributed by atoms with Crippen LogP contribution in [-0.2, 0) is 9.59 Å². The van der Waals surface area contributed by atoms with Crippen LogP contribution in [0.2, 0.25) is 0 Å². The Morgan fingerprint density at radius 3 is 2.48 bits per heavy atom. The molecule has 0 radical (unpaired) electrons. The van der Waals surface area contributed by atoms with E-state index < -0.39 is 5.63 Å². The second-order valence-electron chi connectivity index (χ2n) is 6.87. The van der Waals surface area contributed by atoms with E-state index in [-0.39, 0.29) is 23.7 Å². The van der Waals surface area contributed by atoms with Gasteiger partial charge in [0.15, 0.2) is 0 Å². The average Bonchev–Trinajstić information content (AvgIpc) is 3.46. The van der Waals surface area contributed by atoms with Crippen LogP contribution in [0.4, 0.5) is 5.69 Å². The van der Waals surface area contributed by atoms with E-state index in [0.29, 0.717) is 37.2 Å². The molecule has 1 N–H and O–H groups in total. The Balaban J connectivity index is 1.38. The van der Waals surface area contributed by atoms with Gasteiger partial charge < -0.3 is 14.6 Å². The van der Waals surface area contributed by atoms with E-state index in [9.17, 15) is 14.4 Å². The van der Waals surface area contributed by atoms with E-state index >= 15 is 0 Å². The highest BCUT2D eigenvalue weighted by atomic mass is 16.4. The fraction of sp³-hybridized carbons (Fsp3) is 0.421. The number of likely N-dealkylation sites (tertiary alicyclic amines) is 1. The number of benzene rings is 1. The molecule has 1 aromatic carbocycles. The largest absolute Gasteiger partial charge is 0.423 e. The van der Waals surface area contributed by atoms with Crippen molar-refractivity contribution in [2.24, 2.45) is 11.8 Å². The first kappa shape index (κ1) is 15.9. The molecule has 1 aromatic heterocycles. The Labute approximate surface area is 144 Å². The highest BCUT2D eigenvalue weighted by Gasteiger charge is 2.35. The molecule has 2 heterocycles. The third-order valence-electron chi connectivity index (χ3n) is 4.99. The molecule has 130 valence electrons. The van der Waals surface area contributed by atoms with Gasteiger partial charge in [0.25, 0.3) is 0 Å². The summed E-state index contributed by atoms with van der Waals surface area (Å²) in [6.07, 6.45) is 3.43. The van der Waals surface area contributed by atoms with E-state index in [1.807, 2.05) is 4.90 Å². The third-order valence-corrected chi connectivity index (χ3v) is 4.99. The van der Waals surface area contributed by atoms with Crippen LogP contribution in [0.25, 0.3) is 11.0 Å². The van der Waals surface area contributed by atoms with Gasteiger partial charge in [0.2, 0.25) is 11.8 Å². The minimum absolute atomic E-state index is 0.0183. The van der Waals surface area contributed by atoms with Gasteiger partial charge in [0, 0.05) is 42.1 Å². The molecule has 1 saturated carbocycles. The van der Waals surface area contributed by atoms with Crippen molar-refractivity contribution < 1.29 is 14.0 Å². The van der Waals surface area contributed by atoms with E-state index in [1.54, 1.807) is 24.3 Å². The molecule has 0 bridgehead atoms. The van der Waals surface area contributed by atoms with E-state index in [0.717, 1.165) is 18.2 Å². The molecule has 0 unspecified atom stereocenters. The molecule has 2 aromatic rings. The number of piperidine rings is 1. The number of rotatable bonds is 3. The molecule has 2 fully saturated rings. The minimum Gasteiger partial charge on any atom is -0.423 e. The van der Waals surface area contributed by atoms with Gasteiger partial charge in [-0.05, 0) is 49.9 Å². The molecule has 1 aliphatic carbocycles. The van der Waals surface area contributed by atoms with Gasteiger partial charge in [-0.1, -0.05) is 0 Å². The topological polar surface area (TPSA) is 79.6 Å². The van der Waals surface area contributed by atoms with Crippen LogP contribution in [-0.4, -0.2) is 29.8 Å². The second-order valence-corrected chi connectivity index (χ2v) is 6.87. The molecule has 25 heavy (non-hydrogen) atoms. The highest BCUT2D eigenvalue weighted by molar-refractivity contribution is 5.95. The van der Waals surface area contributed by atoms with E-state index in [4.69, 9.17) is 4.42 Å². The van der Waals surface area contributed by atoms with Gasteiger partial charge >= 0.3 is 5.63 Å². The van der Waals surface area contributed by atoms with Crippen LogP contribution in [0.1, 0.15) is 25.7 Å². The Kier molecular flexibility index (Phi) is 4.03. The zero-order valence-corrected chi connectivity index (χ0v) is 13.9. The van der Waals surface area contributed by atoms with Gasteiger partial charge in [0.05, 0.1) is 0 Å². The lowest BCUT2D eigenvalue weighted by molar-refractivity contribution is -0.135. The maximum atomic E-state index is 12.5. The number of carbonyl (C=O) groups is 2. The summed E-state index contributed by atoms with van der Waals surface area (Å²) in [6.45, 7) is 1.33. The van der Waals surface area contributed by atoms with Crippen molar-refractivity contribution >= 4 is 28.5 Å². The molecular formula is C19H20N2O4. The molecular weight excluding hydrogens is 320 g/mol. The van der Waals surface area contributed by atoms with Crippen LogP contribution in [0.5, 0.6) is 0 Å². The number of hydrogen-bond donors (Lipinski definition) is 1. The number of amides is 2. The predicted molar refractivity (Wildman–Crippen MR) is 93.1 cm³/mol. The average molecular weight is 340 g/mol. The number of hydrogen-bond acceptors (Lipinski definition) is 4. The SMILES string of the molecule is O=C(Nc1ccc2oc(=O)ccc2c1)C1CCN(C(=O)C2CC2)CC1. The van der Waals surface area contributed by atoms with Crippen molar-refractivity contribution in [3.05, 3.63) is 40.8 Å². The molecule has 0 atom stereocenters. The van der Waals surface area contributed by atoms with Crippen LogP contribution in [0.15, 0.2) is 39.5 Å². The van der Waals surface area contributed by atoms with Crippen LogP contribution < -0.4 is 10.9 Å². The van der Waals surface area contributed by atoms with Crippen LogP contribution in [0, 0.1) is 11.8 Å². The molecule has 1 aliphatic heterocycles. The molecule has 4 rings (SSSR count). The summed E-state index contributed by atoms with van der Waals surface area (Å²) in [5, 5.41) is 3.70. The number of nitrogens with one attached hydrogen (secondary N) is 1. The van der Waals surface area contributed by atoms with Crippen molar-refractivity contribution in [3.8, 4) is 0 Å². The quantitative estimate of drug-likeness (QED) is 0.870. The van der Waals surface area contributed by atoms with E-state index in [1.165, 1.54) is 6.07 Å². The van der Waals surface area contributed by atoms with Gasteiger partial charge in [-0.15, -0.1) is 0 Å². The van der Waals surface area contributed by atoms with Crippen molar-refractivity contribution in [2.75, 3.05) is 18.4 Å². The Hall–Kier alpha value is -2.63. The Bertz CT molecular complexity index is 876. The third kappa shape index (κ3) is 3.43. The number of fused-ring (bicyclic) bond motifs is 1. The van der Waals surface area contributed by atoms with Crippen LogP contribution >= 0.6 is 0 Å². The molecule has 0 spiro atoms. The predicted octanol–water partition coefficient (Wildman–Crippen LogP) is 2.38. The lowest BCUT2D eigenvalue weighted by atomic mass is 9.95. The standard InChI is InChI=1S/C19H20N2O4/c22-17-6-3-14-11-15(4-5-16(14)25-17)20-18(23)12-7-9-21(10-8-12)19(24)13-1-2-13/h3-6,11-13H,1-2,7-10H2,(H,20,23). The summed E-state index contributed by atoms with van der Waals surface area (Å²) in [6, 6.07) is 8.25. The monoisotopic (exact) mass is 340 g/mol. The van der Waals surface area contributed by atoms with Gasteiger partial charge in [-0.3, -0.25) is 9.59 Å². The molecule has 6 heteroatoms. The van der Waals surface area contributed by atoms with Gasteiger partial charge in [-0.25, -0.2) is 4.79 Å². The zero-order chi connectivity index (χ0) is 17.4. The molecule has 2 aliphatic rings. The summed E-state index contributed by atoms with van der Waals surface area (Å²) in [5.41, 5.74) is 0.789. The van der Waals surface area contributed by atoms with Crippen molar-refractivity contribution in [1.82, 2.24) is 4.90 Å². The normalized spacial score (nSPS) is 18.3. The molecule has 2 amide bonds. The maximum absolute atomic E-state index is 12.5. The summed E-state index contributed by atoms with van der Waals surface area (Å²) < 4.78 is 5.09. The minimum atomic E-state index is -0.392. The Morgan fingerprint density at radius 2 is 1.76 bits per heavy atom. The smallest absolute Gasteiger partial charge is 0.336 e. The summed E-state index contributed by atoms with van der Waals surface area (Å²) in [5.74, 6) is 0.404. The number of nitrogens with zero attached hydrogens (tertiary/aromatic N) is 1. The second kappa shape index (κ2) is 6.35. The lowest BCUT2D eigenvalue weighted by Gasteiger charge is -2.31. The first-order valence-electron chi connectivity index (χ1n) is 8.74. The van der Waals surface area contributed by atoms with Crippen LogP contribution in [0.3, 0.4) is 0 Å².